The smallest absolute Gasteiger partial charge is 0.220 e. The molecule has 0 bridgehead atoms. The van der Waals surface area contributed by atoms with Gasteiger partial charge in [0.2, 0.25) is 5.95 Å². The van der Waals surface area contributed by atoms with Crippen LogP contribution in [0, 0.1) is 6.92 Å². The van der Waals surface area contributed by atoms with Crippen molar-refractivity contribution in [1.29, 1.82) is 0 Å². The number of hydrogen-bond acceptors (Lipinski definition) is 4. The van der Waals surface area contributed by atoms with Crippen LogP contribution >= 0.6 is 0 Å². The first kappa shape index (κ1) is 12.3. The molecule has 0 saturated carbocycles. The van der Waals surface area contributed by atoms with Gasteiger partial charge < -0.3 is 5.73 Å². The third-order valence-electron chi connectivity index (χ3n) is 3.18. The maximum Gasteiger partial charge on any atom is 0.220 e. The molecule has 0 saturated heterocycles. The Labute approximate surface area is 117 Å². The van der Waals surface area contributed by atoms with Crippen molar-refractivity contribution in [1.82, 2.24) is 15.0 Å². The standard InChI is InChI=1S/C16H14N4/c1-11-5-2-3-7-13(11)14-10-19-16(17)20-15(14)12-6-4-8-18-9-12/h2-10H,1H3,(H2,17,19,20). The Balaban J connectivity index is 2.25. The molecule has 4 nitrogen and oxygen atoms in total. The molecule has 0 aliphatic carbocycles. The molecule has 98 valence electrons. The van der Waals surface area contributed by atoms with Gasteiger partial charge in [0.05, 0.1) is 5.69 Å². The second-order valence-corrected chi connectivity index (χ2v) is 4.55. The number of nitrogens with zero attached hydrogens (tertiary/aromatic N) is 3. The second-order valence-electron chi connectivity index (χ2n) is 4.55. The molecule has 3 rings (SSSR count). The summed E-state index contributed by atoms with van der Waals surface area (Å²) in [6.45, 7) is 2.07. The minimum absolute atomic E-state index is 0.265. The van der Waals surface area contributed by atoms with E-state index >= 15 is 0 Å². The predicted molar refractivity (Wildman–Crippen MR) is 79.8 cm³/mol. The van der Waals surface area contributed by atoms with E-state index in [0.29, 0.717) is 0 Å². The summed E-state index contributed by atoms with van der Waals surface area (Å²) >= 11 is 0. The lowest BCUT2D eigenvalue weighted by Crippen LogP contribution is -1.99. The molecule has 0 aliphatic heterocycles. The quantitative estimate of drug-likeness (QED) is 0.770. The topological polar surface area (TPSA) is 64.7 Å². The molecule has 2 aromatic heterocycles. The maximum atomic E-state index is 5.74. The van der Waals surface area contributed by atoms with Gasteiger partial charge in [0.25, 0.3) is 0 Å². The molecule has 0 radical (unpaired) electrons. The van der Waals surface area contributed by atoms with Crippen LogP contribution in [-0.2, 0) is 0 Å². The summed E-state index contributed by atoms with van der Waals surface area (Å²) in [5.74, 6) is 0.265. The zero-order chi connectivity index (χ0) is 13.9. The number of nitrogens with two attached hydrogens (primary N) is 1. The Kier molecular flexibility index (Phi) is 3.13. The molecule has 3 aromatic rings. The van der Waals surface area contributed by atoms with Gasteiger partial charge >= 0.3 is 0 Å². The first-order valence-corrected chi connectivity index (χ1v) is 6.34. The van der Waals surface area contributed by atoms with Crippen molar-refractivity contribution in [3.05, 3.63) is 60.6 Å². The molecule has 20 heavy (non-hydrogen) atoms. The molecule has 1 aromatic carbocycles. The highest BCUT2D eigenvalue weighted by atomic mass is 15.0. The summed E-state index contributed by atoms with van der Waals surface area (Å²) in [6, 6.07) is 12.0. The van der Waals surface area contributed by atoms with Crippen LogP contribution in [-0.4, -0.2) is 15.0 Å². The lowest BCUT2D eigenvalue weighted by molar-refractivity contribution is 1.18. The largest absolute Gasteiger partial charge is 0.368 e. The van der Waals surface area contributed by atoms with Crippen LogP contribution in [0.15, 0.2) is 55.0 Å². The lowest BCUT2D eigenvalue weighted by atomic mass is 9.98. The highest BCUT2D eigenvalue weighted by molar-refractivity contribution is 5.81. The van der Waals surface area contributed by atoms with E-state index in [4.69, 9.17) is 5.73 Å². The van der Waals surface area contributed by atoms with Gasteiger partial charge in [0, 0.05) is 29.7 Å². The van der Waals surface area contributed by atoms with Gasteiger partial charge in [-0.2, -0.15) is 0 Å². The molecule has 0 aliphatic rings. The molecule has 0 atom stereocenters. The fourth-order valence-electron chi connectivity index (χ4n) is 2.19. The van der Waals surface area contributed by atoms with Crippen LogP contribution in [0.4, 0.5) is 5.95 Å². The Morgan fingerprint density at radius 2 is 1.80 bits per heavy atom. The minimum atomic E-state index is 0.265. The normalized spacial score (nSPS) is 10.4. The molecule has 0 fully saturated rings. The van der Waals surface area contributed by atoms with Crippen molar-refractivity contribution >= 4 is 5.95 Å². The third kappa shape index (κ3) is 2.23. The molecular weight excluding hydrogens is 248 g/mol. The van der Waals surface area contributed by atoms with Gasteiger partial charge in [-0.15, -0.1) is 0 Å². The monoisotopic (exact) mass is 262 g/mol. The van der Waals surface area contributed by atoms with E-state index in [1.54, 1.807) is 18.6 Å². The van der Waals surface area contributed by atoms with Crippen molar-refractivity contribution in [3.63, 3.8) is 0 Å². The summed E-state index contributed by atoms with van der Waals surface area (Å²) in [7, 11) is 0. The number of aryl methyl sites for hydroxylation is 1. The zero-order valence-electron chi connectivity index (χ0n) is 11.1. The van der Waals surface area contributed by atoms with Gasteiger partial charge in [-0.05, 0) is 30.2 Å². The highest BCUT2D eigenvalue weighted by Gasteiger charge is 2.12. The van der Waals surface area contributed by atoms with Gasteiger partial charge in [0.15, 0.2) is 0 Å². The summed E-state index contributed by atoms with van der Waals surface area (Å²) in [5.41, 5.74) is 10.7. The van der Waals surface area contributed by atoms with E-state index in [1.807, 2.05) is 24.3 Å². The van der Waals surface area contributed by atoms with E-state index in [0.717, 1.165) is 22.4 Å². The number of aromatic nitrogens is 3. The molecule has 2 N–H and O–H groups in total. The van der Waals surface area contributed by atoms with E-state index in [-0.39, 0.29) is 5.95 Å². The maximum absolute atomic E-state index is 5.74. The van der Waals surface area contributed by atoms with Crippen molar-refractivity contribution in [2.75, 3.05) is 5.73 Å². The van der Waals surface area contributed by atoms with E-state index in [2.05, 4.69) is 34.0 Å². The molecule has 0 amide bonds. The summed E-state index contributed by atoms with van der Waals surface area (Å²) < 4.78 is 0. The molecule has 2 heterocycles. The summed E-state index contributed by atoms with van der Waals surface area (Å²) in [6.07, 6.45) is 5.29. The Morgan fingerprint density at radius 3 is 2.55 bits per heavy atom. The number of nitrogen functional groups attached to an aromatic ring is 1. The van der Waals surface area contributed by atoms with Crippen LogP contribution in [0.1, 0.15) is 5.56 Å². The first-order valence-electron chi connectivity index (χ1n) is 6.34. The number of rotatable bonds is 2. The van der Waals surface area contributed by atoms with E-state index in [9.17, 15) is 0 Å². The molecule has 4 heteroatoms. The third-order valence-corrected chi connectivity index (χ3v) is 3.18. The Bertz CT molecular complexity index is 738. The number of pyridine rings is 1. The van der Waals surface area contributed by atoms with Crippen molar-refractivity contribution in [2.45, 2.75) is 6.92 Å². The van der Waals surface area contributed by atoms with Crippen molar-refractivity contribution in [2.24, 2.45) is 0 Å². The Hall–Kier alpha value is -2.75. The van der Waals surface area contributed by atoms with Gasteiger partial charge in [-0.1, -0.05) is 24.3 Å². The highest BCUT2D eigenvalue weighted by Crippen LogP contribution is 2.31. The van der Waals surface area contributed by atoms with Crippen LogP contribution < -0.4 is 5.73 Å². The average Bonchev–Trinajstić information content (AvgIpc) is 2.49. The van der Waals surface area contributed by atoms with Crippen LogP contribution in [0.2, 0.25) is 0 Å². The predicted octanol–water partition coefficient (Wildman–Crippen LogP) is 3.10. The van der Waals surface area contributed by atoms with Gasteiger partial charge in [0.1, 0.15) is 0 Å². The summed E-state index contributed by atoms with van der Waals surface area (Å²) in [4.78, 5) is 12.7. The lowest BCUT2D eigenvalue weighted by Gasteiger charge is -2.11. The van der Waals surface area contributed by atoms with Gasteiger partial charge in [-0.3, -0.25) is 4.98 Å². The molecule has 0 unspecified atom stereocenters. The zero-order valence-corrected chi connectivity index (χ0v) is 11.1. The van der Waals surface area contributed by atoms with Crippen molar-refractivity contribution < 1.29 is 0 Å². The van der Waals surface area contributed by atoms with Crippen molar-refractivity contribution in [3.8, 4) is 22.4 Å². The first-order chi connectivity index (χ1) is 9.75. The number of hydrogen-bond donors (Lipinski definition) is 1. The van der Waals surface area contributed by atoms with Crippen LogP contribution in [0.3, 0.4) is 0 Å². The van der Waals surface area contributed by atoms with E-state index < -0.39 is 0 Å². The number of anilines is 1. The minimum Gasteiger partial charge on any atom is -0.368 e. The fourth-order valence-corrected chi connectivity index (χ4v) is 2.19. The van der Waals surface area contributed by atoms with Crippen LogP contribution in [0.5, 0.6) is 0 Å². The SMILES string of the molecule is Cc1ccccc1-c1cnc(N)nc1-c1cccnc1. The number of benzene rings is 1. The average molecular weight is 262 g/mol. The van der Waals surface area contributed by atoms with Crippen LogP contribution in [0.25, 0.3) is 22.4 Å². The fraction of sp³-hybridized carbons (Fsp3) is 0.0625. The molecular formula is C16H14N4. The van der Waals surface area contributed by atoms with E-state index in [1.165, 1.54) is 5.56 Å². The second kappa shape index (κ2) is 5.09. The Morgan fingerprint density at radius 1 is 0.950 bits per heavy atom. The van der Waals surface area contributed by atoms with Gasteiger partial charge in [-0.25, -0.2) is 9.97 Å². The summed E-state index contributed by atoms with van der Waals surface area (Å²) in [5, 5.41) is 0. The molecule has 0 spiro atoms.